The number of sulfonamides is 1. The number of ether oxygens (including phenoxy) is 2. The molecule has 0 aromatic heterocycles. The highest BCUT2D eigenvalue weighted by Gasteiger charge is 2.34. The van der Waals surface area contributed by atoms with Crippen LogP contribution < -0.4 is 19.1 Å². The zero-order valence-electron chi connectivity index (χ0n) is 25.4. The van der Waals surface area contributed by atoms with E-state index >= 15 is 0 Å². The molecular weight excluding hydrogens is 588 g/mol. The maximum Gasteiger partial charge on any atom is 0.271 e. The molecule has 0 aliphatic heterocycles. The van der Waals surface area contributed by atoms with Gasteiger partial charge >= 0.3 is 0 Å². The third kappa shape index (κ3) is 8.93. The third-order valence-electron chi connectivity index (χ3n) is 7.08. The van der Waals surface area contributed by atoms with Crippen molar-refractivity contribution < 1.29 is 32.4 Å². The number of carbonyl (C=O) groups is 2. The van der Waals surface area contributed by atoms with Crippen molar-refractivity contribution >= 4 is 33.2 Å². The highest BCUT2D eigenvalue weighted by atomic mass is 32.2. The maximum atomic E-state index is 14.3. The quantitative estimate of drug-likeness (QED) is 0.197. The first-order valence-corrected chi connectivity index (χ1v) is 15.8. The molecule has 0 saturated carbocycles. The molecule has 0 heterocycles. The van der Waals surface area contributed by atoms with Crippen LogP contribution >= 0.6 is 0 Å². The number of amides is 2. The molecule has 12 nitrogen and oxygen atoms in total. The highest BCUT2D eigenvalue weighted by Crippen LogP contribution is 2.34. The van der Waals surface area contributed by atoms with Crippen LogP contribution in [0.4, 0.5) is 11.4 Å². The van der Waals surface area contributed by atoms with Crippen molar-refractivity contribution in [3.63, 3.8) is 0 Å². The number of nitrogens with one attached hydrogen (secondary N) is 1. The Balaban J connectivity index is 2.15. The van der Waals surface area contributed by atoms with Crippen LogP contribution in [-0.2, 0) is 32.6 Å². The Bertz CT molecular complexity index is 1570. The van der Waals surface area contributed by atoms with E-state index in [2.05, 4.69) is 5.32 Å². The third-order valence-corrected chi connectivity index (χ3v) is 8.21. The minimum absolute atomic E-state index is 0.0171. The van der Waals surface area contributed by atoms with Crippen LogP contribution in [0, 0.1) is 10.1 Å². The number of nitrogens with zero attached hydrogens (tertiary/aromatic N) is 3. The lowest BCUT2D eigenvalue weighted by atomic mass is 10.0. The van der Waals surface area contributed by atoms with Crippen LogP contribution in [-0.4, -0.2) is 69.2 Å². The molecule has 1 N–H and O–H groups in total. The number of hydrogen-bond acceptors (Lipinski definition) is 8. The number of rotatable bonds is 15. The molecule has 3 aromatic rings. The number of nitro groups is 1. The lowest BCUT2D eigenvalue weighted by Crippen LogP contribution is -2.54. The van der Waals surface area contributed by atoms with Crippen LogP contribution in [0.3, 0.4) is 0 Å². The summed E-state index contributed by atoms with van der Waals surface area (Å²) in [4.78, 5) is 40.3. The number of non-ortho nitro benzene ring substituents is 1. The Hall–Kier alpha value is -4.65. The van der Waals surface area contributed by atoms with E-state index in [9.17, 15) is 28.1 Å². The predicted molar refractivity (Wildman–Crippen MR) is 167 cm³/mol. The maximum absolute atomic E-state index is 14.3. The molecule has 0 saturated heterocycles. The first kappa shape index (κ1) is 33.8. The van der Waals surface area contributed by atoms with Gasteiger partial charge in [0, 0.05) is 31.1 Å². The summed E-state index contributed by atoms with van der Waals surface area (Å²) in [6.07, 6.45) is 1.70. The fourth-order valence-corrected chi connectivity index (χ4v) is 5.39. The van der Waals surface area contributed by atoms with Crippen molar-refractivity contribution in [2.45, 2.75) is 45.3 Å². The molecule has 3 aromatic carbocycles. The molecule has 0 aliphatic rings. The Morgan fingerprint density at radius 1 is 0.977 bits per heavy atom. The van der Waals surface area contributed by atoms with Gasteiger partial charge in [0.2, 0.25) is 21.8 Å². The van der Waals surface area contributed by atoms with Crippen LogP contribution in [0.15, 0.2) is 72.8 Å². The standard InChI is InChI=1S/C31H38N4O8S/c1-6-22(2)32-31(37)28(18-23-11-8-7-9-12-23)33(20-24-13-10-14-26(17-24)42-3)30(36)21-34(44(5,40)41)27-19-25(35(38)39)15-16-29(27)43-4/h7-17,19,22,28H,6,18,20-21H2,1-5H3,(H,32,37)/t22-,28+/m1/s1. The van der Waals surface area contributed by atoms with Gasteiger partial charge in [-0.3, -0.25) is 24.0 Å². The van der Waals surface area contributed by atoms with E-state index < -0.39 is 39.3 Å². The summed E-state index contributed by atoms with van der Waals surface area (Å²) < 4.78 is 37.6. The number of benzene rings is 3. The number of hydrogen-bond donors (Lipinski definition) is 1. The summed E-state index contributed by atoms with van der Waals surface area (Å²) in [6, 6.07) is 18.4. The van der Waals surface area contributed by atoms with Gasteiger partial charge < -0.3 is 19.7 Å². The monoisotopic (exact) mass is 626 g/mol. The number of methoxy groups -OCH3 is 2. The summed E-state index contributed by atoms with van der Waals surface area (Å²) >= 11 is 0. The average Bonchev–Trinajstić information content (AvgIpc) is 3.00. The second-order valence-corrected chi connectivity index (χ2v) is 12.2. The Morgan fingerprint density at radius 2 is 1.66 bits per heavy atom. The van der Waals surface area contributed by atoms with E-state index in [1.807, 2.05) is 44.2 Å². The highest BCUT2D eigenvalue weighted by molar-refractivity contribution is 7.92. The van der Waals surface area contributed by atoms with E-state index in [1.54, 1.807) is 24.3 Å². The van der Waals surface area contributed by atoms with Crippen LogP contribution in [0.25, 0.3) is 0 Å². The minimum atomic E-state index is -4.17. The molecule has 236 valence electrons. The Kier molecular flexibility index (Phi) is 11.7. The molecule has 0 unspecified atom stereocenters. The van der Waals surface area contributed by atoms with Crippen molar-refractivity contribution in [2.24, 2.45) is 0 Å². The molecule has 44 heavy (non-hydrogen) atoms. The van der Waals surface area contributed by atoms with Gasteiger partial charge in [-0.05, 0) is 42.7 Å². The van der Waals surface area contributed by atoms with E-state index in [1.165, 1.54) is 31.3 Å². The van der Waals surface area contributed by atoms with Crippen molar-refractivity contribution in [3.8, 4) is 11.5 Å². The molecule has 0 radical (unpaired) electrons. The molecule has 2 atom stereocenters. The molecular formula is C31H38N4O8S. The molecule has 3 rings (SSSR count). The first-order chi connectivity index (χ1) is 20.9. The second-order valence-electron chi connectivity index (χ2n) is 10.3. The molecule has 2 amide bonds. The summed E-state index contributed by atoms with van der Waals surface area (Å²) in [6.45, 7) is 2.98. The van der Waals surface area contributed by atoms with Gasteiger partial charge in [-0.15, -0.1) is 0 Å². The summed E-state index contributed by atoms with van der Waals surface area (Å²) in [5, 5.41) is 14.5. The Morgan fingerprint density at radius 3 is 2.25 bits per heavy atom. The zero-order chi connectivity index (χ0) is 32.4. The average molecular weight is 627 g/mol. The first-order valence-electron chi connectivity index (χ1n) is 13.9. The lowest BCUT2D eigenvalue weighted by Gasteiger charge is -2.34. The summed E-state index contributed by atoms with van der Waals surface area (Å²) in [5.74, 6) is -0.550. The number of carbonyl (C=O) groups excluding carboxylic acids is 2. The van der Waals surface area contributed by atoms with Crippen LogP contribution in [0.1, 0.15) is 31.4 Å². The lowest BCUT2D eigenvalue weighted by molar-refractivity contribution is -0.384. The van der Waals surface area contributed by atoms with Gasteiger partial charge in [0.25, 0.3) is 5.69 Å². The van der Waals surface area contributed by atoms with Gasteiger partial charge in [0.15, 0.2) is 0 Å². The van der Waals surface area contributed by atoms with Gasteiger partial charge in [-0.1, -0.05) is 49.4 Å². The number of nitro benzene ring substituents is 1. The van der Waals surface area contributed by atoms with Crippen molar-refractivity contribution in [2.75, 3.05) is 31.3 Å². The SMILES string of the molecule is CC[C@@H](C)NC(=O)[C@H](Cc1ccccc1)N(Cc1cccc(OC)c1)C(=O)CN(c1cc([N+](=O)[O-])ccc1OC)S(C)(=O)=O. The van der Waals surface area contributed by atoms with E-state index in [-0.39, 0.29) is 36.1 Å². The zero-order valence-corrected chi connectivity index (χ0v) is 26.2. The Labute approximate surface area is 257 Å². The summed E-state index contributed by atoms with van der Waals surface area (Å²) in [5.41, 5.74) is 0.874. The largest absolute Gasteiger partial charge is 0.497 e. The van der Waals surface area contributed by atoms with Crippen molar-refractivity contribution in [1.82, 2.24) is 10.2 Å². The van der Waals surface area contributed by atoms with Gasteiger partial charge in [-0.25, -0.2) is 8.42 Å². The number of anilines is 1. The molecule has 0 spiro atoms. The van der Waals surface area contributed by atoms with E-state index in [0.717, 1.165) is 22.2 Å². The molecule has 0 fully saturated rings. The fourth-order valence-electron chi connectivity index (χ4n) is 4.54. The van der Waals surface area contributed by atoms with Crippen molar-refractivity contribution in [1.29, 1.82) is 0 Å². The van der Waals surface area contributed by atoms with Gasteiger partial charge in [0.05, 0.1) is 25.4 Å². The fraction of sp³-hybridized carbons (Fsp3) is 0.355. The van der Waals surface area contributed by atoms with E-state index in [4.69, 9.17) is 9.47 Å². The minimum Gasteiger partial charge on any atom is -0.497 e. The molecule has 0 aliphatic carbocycles. The normalized spacial score (nSPS) is 12.5. The predicted octanol–water partition coefficient (Wildman–Crippen LogP) is 3.93. The van der Waals surface area contributed by atoms with Crippen LogP contribution in [0.5, 0.6) is 11.5 Å². The smallest absolute Gasteiger partial charge is 0.271 e. The summed E-state index contributed by atoms with van der Waals surface area (Å²) in [7, 11) is -1.37. The molecule has 0 bridgehead atoms. The second kappa shape index (κ2) is 15.2. The topological polar surface area (TPSA) is 148 Å². The van der Waals surface area contributed by atoms with Crippen molar-refractivity contribution in [3.05, 3.63) is 94.0 Å². The molecule has 13 heteroatoms. The van der Waals surface area contributed by atoms with Crippen LogP contribution in [0.2, 0.25) is 0 Å². The van der Waals surface area contributed by atoms with Gasteiger partial charge in [-0.2, -0.15) is 0 Å². The van der Waals surface area contributed by atoms with E-state index in [0.29, 0.717) is 17.7 Å². The van der Waals surface area contributed by atoms with Gasteiger partial charge in [0.1, 0.15) is 29.8 Å².